The van der Waals surface area contributed by atoms with Crippen LogP contribution in [0.25, 0.3) is 0 Å². The Kier molecular flexibility index (Phi) is 4.89. The molecule has 1 aromatic rings. The van der Waals surface area contributed by atoms with Crippen molar-refractivity contribution < 1.29 is 13.2 Å². The number of nitrogens with one attached hydrogen (secondary N) is 1. The van der Waals surface area contributed by atoms with E-state index in [0.29, 0.717) is 37.3 Å². The van der Waals surface area contributed by atoms with E-state index in [1.165, 1.54) is 0 Å². The molecule has 0 radical (unpaired) electrons. The lowest BCUT2D eigenvalue weighted by atomic mass is 10.1. The average molecular weight is 312 g/mol. The van der Waals surface area contributed by atoms with Crippen LogP contribution in [0.15, 0.2) is 12.4 Å². The number of sulfonamides is 1. The molecular formula is C13H20N4O3S. The summed E-state index contributed by atoms with van der Waals surface area (Å²) in [5.41, 5.74) is 0.474. The summed E-state index contributed by atoms with van der Waals surface area (Å²) in [7, 11) is -3.19. The first kappa shape index (κ1) is 15.8. The number of aromatic nitrogens is 2. The summed E-state index contributed by atoms with van der Waals surface area (Å²) < 4.78 is 25.0. The Morgan fingerprint density at radius 1 is 1.33 bits per heavy atom. The standard InChI is InChI=1S/C13H20N4O3S/c1-3-12-14-8-10(9-15-12)13(18)17-6-4-11(5-7-17)16-21(2,19)20/h8-9,11,16H,3-7H2,1-2H3. The highest BCUT2D eigenvalue weighted by Gasteiger charge is 2.25. The zero-order valence-electron chi connectivity index (χ0n) is 12.2. The SMILES string of the molecule is CCc1ncc(C(=O)N2CCC(NS(C)(=O)=O)CC2)cn1. The molecule has 116 valence electrons. The quantitative estimate of drug-likeness (QED) is 0.857. The van der Waals surface area contributed by atoms with E-state index >= 15 is 0 Å². The molecule has 0 saturated carbocycles. The van der Waals surface area contributed by atoms with E-state index in [1.54, 1.807) is 17.3 Å². The Balaban J connectivity index is 1.93. The first-order chi connectivity index (χ1) is 9.89. The second-order valence-electron chi connectivity index (χ2n) is 5.20. The van der Waals surface area contributed by atoms with Crippen LogP contribution in [0.4, 0.5) is 0 Å². The third-order valence-corrected chi connectivity index (χ3v) is 4.19. The summed E-state index contributed by atoms with van der Waals surface area (Å²) in [6.07, 6.45) is 6.22. The zero-order valence-corrected chi connectivity index (χ0v) is 13.1. The number of hydrogen-bond acceptors (Lipinski definition) is 5. The minimum Gasteiger partial charge on any atom is -0.338 e. The van der Waals surface area contributed by atoms with Gasteiger partial charge in [0.25, 0.3) is 5.91 Å². The van der Waals surface area contributed by atoms with Crippen molar-refractivity contribution in [2.75, 3.05) is 19.3 Å². The van der Waals surface area contributed by atoms with Gasteiger partial charge in [0.15, 0.2) is 0 Å². The number of carbonyl (C=O) groups excluding carboxylic acids is 1. The number of piperidine rings is 1. The van der Waals surface area contributed by atoms with Crippen molar-refractivity contribution in [2.45, 2.75) is 32.2 Å². The Morgan fingerprint density at radius 3 is 2.38 bits per heavy atom. The molecule has 2 rings (SSSR count). The summed E-state index contributed by atoms with van der Waals surface area (Å²) in [4.78, 5) is 22.3. The number of nitrogens with zero attached hydrogens (tertiary/aromatic N) is 3. The van der Waals surface area contributed by atoms with E-state index in [0.717, 1.165) is 12.7 Å². The summed E-state index contributed by atoms with van der Waals surface area (Å²) >= 11 is 0. The number of likely N-dealkylation sites (tertiary alicyclic amines) is 1. The van der Waals surface area contributed by atoms with Crippen LogP contribution in [0.3, 0.4) is 0 Å². The van der Waals surface area contributed by atoms with Crippen molar-refractivity contribution in [1.82, 2.24) is 19.6 Å². The van der Waals surface area contributed by atoms with Gasteiger partial charge < -0.3 is 4.90 Å². The maximum absolute atomic E-state index is 12.3. The molecule has 1 fully saturated rings. The number of amides is 1. The van der Waals surface area contributed by atoms with Crippen molar-refractivity contribution in [3.63, 3.8) is 0 Å². The number of rotatable bonds is 4. The van der Waals surface area contributed by atoms with E-state index < -0.39 is 10.0 Å². The van der Waals surface area contributed by atoms with Gasteiger partial charge in [0.1, 0.15) is 5.82 Å². The average Bonchev–Trinajstić information content (AvgIpc) is 2.46. The molecule has 0 spiro atoms. The van der Waals surface area contributed by atoms with Gasteiger partial charge in [0.2, 0.25) is 10.0 Å². The Morgan fingerprint density at radius 2 is 1.90 bits per heavy atom. The molecule has 1 aliphatic heterocycles. The molecule has 0 aliphatic carbocycles. The van der Waals surface area contributed by atoms with Gasteiger partial charge in [0.05, 0.1) is 11.8 Å². The van der Waals surface area contributed by atoms with Crippen LogP contribution >= 0.6 is 0 Å². The lowest BCUT2D eigenvalue weighted by Crippen LogP contribution is -2.46. The predicted octanol–water partition coefficient (Wildman–Crippen LogP) is 0.193. The molecule has 0 unspecified atom stereocenters. The molecular weight excluding hydrogens is 292 g/mol. The minimum atomic E-state index is -3.19. The molecule has 1 saturated heterocycles. The first-order valence-electron chi connectivity index (χ1n) is 6.96. The smallest absolute Gasteiger partial charge is 0.256 e. The number of aryl methyl sites for hydroxylation is 1. The summed E-state index contributed by atoms with van der Waals surface area (Å²) in [6.45, 7) is 3.01. The number of hydrogen-bond donors (Lipinski definition) is 1. The van der Waals surface area contributed by atoms with Gasteiger partial charge in [-0.15, -0.1) is 0 Å². The predicted molar refractivity (Wildman–Crippen MR) is 78.3 cm³/mol. The molecule has 2 heterocycles. The summed E-state index contributed by atoms with van der Waals surface area (Å²) in [5, 5.41) is 0. The van der Waals surface area contributed by atoms with Gasteiger partial charge in [0, 0.05) is 37.9 Å². The topological polar surface area (TPSA) is 92.3 Å². The maximum Gasteiger partial charge on any atom is 0.256 e. The molecule has 7 nitrogen and oxygen atoms in total. The fourth-order valence-corrected chi connectivity index (χ4v) is 3.17. The Hall–Kier alpha value is -1.54. The molecule has 1 amide bonds. The normalized spacial score (nSPS) is 17.0. The Labute approximate surface area is 124 Å². The number of carbonyl (C=O) groups is 1. The van der Waals surface area contributed by atoms with Crippen molar-refractivity contribution in [1.29, 1.82) is 0 Å². The van der Waals surface area contributed by atoms with E-state index in [9.17, 15) is 13.2 Å². The second-order valence-corrected chi connectivity index (χ2v) is 6.98. The fourth-order valence-electron chi connectivity index (χ4n) is 2.33. The zero-order chi connectivity index (χ0) is 15.5. The molecule has 21 heavy (non-hydrogen) atoms. The minimum absolute atomic E-state index is 0.0947. The van der Waals surface area contributed by atoms with E-state index in [2.05, 4.69) is 14.7 Å². The van der Waals surface area contributed by atoms with Gasteiger partial charge in [-0.25, -0.2) is 23.1 Å². The van der Waals surface area contributed by atoms with Crippen LogP contribution in [-0.4, -0.2) is 54.6 Å². The molecule has 0 bridgehead atoms. The molecule has 1 N–H and O–H groups in total. The van der Waals surface area contributed by atoms with Crippen molar-refractivity contribution in [3.05, 3.63) is 23.8 Å². The van der Waals surface area contributed by atoms with Crippen molar-refractivity contribution >= 4 is 15.9 Å². The van der Waals surface area contributed by atoms with Crippen molar-refractivity contribution in [3.8, 4) is 0 Å². The lowest BCUT2D eigenvalue weighted by Gasteiger charge is -2.31. The molecule has 1 aliphatic rings. The molecule has 1 aromatic heterocycles. The van der Waals surface area contributed by atoms with Gasteiger partial charge in [-0.05, 0) is 12.8 Å². The van der Waals surface area contributed by atoms with E-state index in [1.807, 2.05) is 6.92 Å². The summed E-state index contributed by atoms with van der Waals surface area (Å²) in [5.74, 6) is 0.609. The first-order valence-corrected chi connectivity index (χ1v) is 8.85. The molecule has 0 aromatic carbocycles. The molecule has 8 heteroatoms. The third-order valence-electron chi connectivity index (χ3n) is 3.43. The van der Waals surface area contributed by atoms with E-state index in [-0.39, 0.29) is 11.9 Å². The van der Waals surface area contributed by atoms with Crippen LogP contribution in [0.2, 0.25) is 0 Å². The monoisotopic (exact) mass is 312 g/mol. The van der Waals surface area contributed by atoms with Crippen LogP contribution in [0.5, 0.6) is 0 Å². The summed E-state index contributed by atoms with van der Waals surface area (Å²) in [6, 6.07) is -0.0947. The van der Waals surface area contributed by atoms with Crippen LogP contribution in [0, 0.1) is 0 Å². The Bertz CT molecular complexity index is 592. The lowest BCUT2D eigenvalue weighted by molar-refractivity contribution is 0.0710. The van der Waals surface area contributed by atoms with Gasteiger partial charge in [-0.1, -0.05) is 6.92 Å². The maximum atomic E-state index is 12.3. The van der Waals surface area contributed by atoms with Gasteiger partial charge in [-0.2, -0.15) is 0 Å². The highest BCUT2D eigenvalue weighted by Crippen LogP contribution is 2.14. The van der Waals surface area contributed by atoms with Crippen LogP contribution in [-0.2, 0) is 16.4 Å². The second kappa shape index (κ2) is 6.48. The van der Waals surface area contributed by atoms with E-state index in [4.69, 9.17) is 0 Å². The highest BCUT2D eigenvalue weighted by atomic mass is 32.2. The van der Waals surface area contributed by atoms with Gasteiger partial charge in [-0.3, -0.25) is 4.79 Å². The van der Waals surface area contributed by atoms with Crippen molar-refractivity contribution in [2.24, 2.45) is 0 Å². The van der Waals surface area contributed by atoms with Crippen LogP contribution in [0.1, 0.15) is 35.9 Å². The largest absolute Gasteiger partial charge is 0.338 e. The van der Waals surface area contributed by atoms with Gasteiger partial charge >= 0.3 is 0 Å². The third kappa shape index (κ3) is 4.47. The van der Waals surface area contributed by atoms with Crippen LogP contribution < -0.4 is 4.72 Å². The molecule has 0 atom stereocenters. The fraction of sp³-hybridized carbons (Fsp3) is 0.615. The highest BCUT2D eigenvalue weighted by molar-refractivity contribution is 7.88.